The molecule has 1 aliphatic heterocycles. The molecule has 16 heavy (non-hydrogen) atoms. The number of piperidine rings is 1. The highest BCUT2D eigenvalue weighted by Gasteiger charge is 2.20. The van der Waals surface area contributed by atoms with E-state index in [0.717, 1.165) is 37.9 Å². The first-order chi connectivity index (χ1) is 7.85. The number of anilines is 1. The standard InChI is InChI=1S/C12H13N3O/c13-8-11-12(2-1-5-14-11)15-6-3-10(9-16)4-7-15/h1-2,5,9-10H,3-4,6-7H2. The SMILES string of the molecule is N#Cc1ncccc1N1CCC(C=O)CC1. The summed E-state index contributed by atoms with van der Waals surface area (Å²) in [5.74, 6) is 0.179. The van der Waals surface area contributed by atoms with Gasteiger partial charge in [0.05, 0.1) is 5.69 Å². The summed E-state index contributed by atoms with van der Waals surface area (Å²) in [5, 5.41) is 8.95. The quantitative estimate of drug-likeness (QED) is 0.699. The third kappa shape index (κ3) is 2.03. The van der Waals surface area contributed by atoms with E-state index in [1.165, 1.54) is 0 Å². The van der Waals surface area contributed by atoms with E-state index in [0.29, 0.717) is 5.69 Å². The Morgan fingerprint density at radius 1 is 1.50 bits per heavy atom. The minimum Gasteiger partial charge on any atom is -0.369 e. The van der Waals surface area contributed by atoms with Crippen LogP contribution in [-0.2, 0) is 4.79 Å². The maximum Gasteiger partial charge on any atom is 0.163 e. The Kier molecular flexibility index (Phi) is 3.16. The average Bonchev–Trinajstić information content (AvgIpc) is 2.39. The predicted molar refractivity (Wildman–Crippen MR) is 60.0 cm³/mol. The molecule has 0 aliphatic carbocycles. The smallest absolute Gasteiger partial charge is 0.163 e. The summed E-state index contributed by atoms with van der Waals surface area (Å²) in [6.45, 7) is 1.65. The molecule has 0 aromatic carbocycles. The highest BCUT2D eigenvalue weighted by molar-refractivity contribution is 5.58. The lowest BCUT2D eigenvalue weighted by atomic mass is 9.98. The molecule has 1 aliphatic rings. The number of carbonyl (C=O) groups excluding carboxylic acids is 1. The van der Waals surface area contributed by atoms with Crippen LogP contribution in [0.3, 0.4) is 0 Å². The molecule has 1 aromatic rings. The normalized spacial score (nSPS) is 16.8. The van der Waals surface area contributed by atoms with E-state index >= 15 is 0 Å². The molecule has 82 valence electrons. The van der Waals surface area contributed by atoms with Crippen molar-refractivity contribution in [3.05, 3.63) is 24.0 Å². The number of pyridine rings is 1. The third-order valence-electron chi connectivity index (χ3n) is 2.97. The minimum absolute atomic E-state index is 0.179. The summed E-state index contributed by atoms with van der Waals surface area (Å²) in [6, 6.07) is 5.84. The molecule has 1 saturated heterocycles. The molecule has 4 heteroatoms. The Hall–Kier alpha value is -1.89. The van der Waals surface area contributed by atoms with Gasteiger partial charge in [-0.15, -0.1) is 0 Å². The topological polar surface area (TPSA) is 57.0 Å². The second-order valence-electron chi connectivity index (χ2n) is 3.94. The first-order valence-corrected chi connectivity index (χ1v) is 5.40. The lowest BCUT2D eigenvalue weighted by molar-refractivity contribution is -0.111. The molecule has 0 saturated carbocycles. The first kappa shape index (κ1) is 10.6. The zero-order chi connectivity index (χ0) is 11.4. The molecule has 0 N–H and O–H groups in total. The van der Waals surface area contributed by atoms with Gasteiger partial charge < -0.3 is 9.69 Å². The Balaban J connectivity index is 2.14. The van der Waals surface area contributed by atoms with E-state index in [-0.39, 0.29) is 5.92 Å². The molecular formula is C12H13N3O. The van der Waals surface area contributed by atoms with Crippen molar-refractivity contribution in [3.8, 4) is 6.07 Å². The number of nitrogens with zero attached hydrogens (tertiary/aromatic N) is 3. The molecule has 0 atom stereocenters. The fourth-order valence-electron chi connectivity index (χ4n) is 2.01. The summed E-state index contributed by atoms with van der Waals surface area (Å²) in [7, 11) is 0. The van der Waals surface area contributed by atoms with Gasteiger partial charge in [-0.1, -0.05) is 0 Å². The van der Waals surface area contributed by atoms with Crippen LogP contribution in [0.2, 0.25) is 0 Å². The fraction of sp³-hybridized carbons (Fsp3) is 0.417. The van der Waals surface area contributed by atoms with Gasteiger partial charge in [0.15, 0.2) is 5.69 Å². The summed E-state index contributed by atoms with van der Waals surface area (Å²) in [5.41, 5.74) is 1.35. The van der Waals surface area contributed by atoms with Crippen molar-refractivity contribution in [2.24, 2.45) is 5.92 Å². The third-order valence-corrected chi connectivity index (χ3v) is 2.97. The highest BCUT2D eigenvalue weighted by Crippen LogP contribution is 2.23. The van der Waals surface area contributed by atoms with Crippen molar-refractivity contribution in [3.63, 3.8) is 0 Å². The van der Waals surface area contributed by atoms with Crippen LogP contribution in [0.4, 0.5) is 5.69 Å². The average molecular weight is 215 g/mol. The molecule has 2 heterocycles. The van der Waals surface area contributed by atoms with Gasteiger partial charge in [-0.2, -0.15) is 5.26 Å². The maximum absolute atomic E-state index is 10.6. The van der Waals surface area contributed by atoms with Crippen molar-refractivity contribution >= 4 is 12.0 Å². The van der Waals surface area contributed by atoms with Crippen LogP contribution in [0.5, 0.6) is 0 Å². The molecule has 0 unspecified atom stereocenters. The molecule has 1 fully saturated rings. The van der Waals surface area contributed by atoms with Crippen molar-refractivity contribution < 1.29 is 4.79 Å². The lowest BCUT2D eigenvalue weighted by Gasteiger charge is -2.31. The second kappa shape index (κ2) is 4.75. The van der Waals surface area contributed by atoms with Gasteiger partial charge in [0, 0.05) is 25.2 Å². The first-order valence-electron chi connectivity index (χ1n) is 5.40. The Morgan fingerprint density at radius 3 is 2.88 bits per heavy atom. The van der Waals surface area contributed by atoms with Gasteiger partial charge >= 0.3 is 0 Å². The zero-order valence-electron chi connectivity index (χ0n) is 8.97. The van der Waals surface area contributed by atoms with E-state index in [2.05, 4.69) is 16.0 Å². The summed E-state index contributed by atoms with van der Waals surface area (Å²) >= 11 is 0. The summed E-state index contributed by atoms with van der Waals surface area (Å²) < 4.78 is 0. The molecular weight excluding hydrogens is 202 g/mol. The van der Waals surface area contributed by atoms with Crippen LogP contribution < -0.4 is 4.90 Å². The number of rotatable bonds is 2. The Morgan fingerprint density at radius 2 is 2.25 bits per heavy atom. The number of hydrogen-bond donors (Lipinski definition) is 0. The maximum atomic E-state index is 10.6. The van der Waals surface area contributed by atoms with Gasteiger partial charge in [-0.25, -0.2) is 4.98 Å². The van der Waals surface area contributed by atoms with E-state index in [1.807, 2.05) is 12.1 Å². The van der Waals surface area contributed by atoms with E-state index in [9.17, 15) is 4.79 Å². The summed E-state index contributed by atoms with van der Waals surface area (Å²) in [4.78, 5) is 16.8. The molecule has 0 bridgehead atoms. The van der Waals surface area contributed by atoms with Crippen LogP contribution in [0.25, 0.3) is 0 Å². The molecule has 0 radical (unpaired) electrons. The van der Waals surface area contributed by atoms with Crippen molar-refractivity contribution in [1.82, 2.24) is 4.98 Å². The van der Waals surface area contributed by atoms with E-state index in [1.54, 1.807) is 6.20 Å². The van der Waals surface area contributed by atoms with Crippen molar-refractivity contribution in [1.29, 1.82) is 5.26 Å². The van der Waals surface area contributed by atoms with Gasteiger partial charge in [0.1, 0.15) is 12.4 Å². The largest absolute Gasteiger partial charge is 0.369 e. The number of nitriles is 1. The van der Waals surface area contributed by atoms with Crippen LogP contribution in [0.15, 0.2) is 18.3 Å². The molecule has 1 aromatic heterocycles. The highest BCUT2D eigenvalue weighted by atomic mass is 16.1. The number of hydrogen-bond acceptors (Lipinski definition) is 4. The van der Waals surface area contributed by atoms with Gasteiger partial charge in [-0.05, 0) is 25.0 Å². The van der Waals surface area contributed by atoms with Crippen molar-refractivity contribution in [2.45, 2.75) is 12.8 Å². The van der Waals surface area contributed by atoms with Crippen molar-refractivity contribution in [2.75, 3.05) is 18.0 Å². The Labute approximate surface area is 94.5 Å². The van der Waals surface area contributed by atoms with Crippen LogP contribution in [-0.4, -0.2) is 24.4 Å². The summed E-state index contributed by atoms with van der Waals surface area (Å²) in [6.07, 6.45) is 4.39. The number of aromatic nitrogens is 1. The molecule has 2 rings (SSSR count). The fourth-order valence-corrected chi connectivity index (χ4v) is 2.01. The van der Waals surface area contributed by atoms with Crippen LogP contribution in [0, 0.1) is 17.2 Å². The van der Waals surface area contributed by atoms with Gasteiger partial charge in [0.25, 0.3) is 0 Å². The van der Waals surface area contributed by atoms with Gasteiger partial charge in [0.2, 0.25) is 0 Å². The van der Waals surface area contributed by atoms with E-state index < -0.39 is 0 Å². The van der Waals surface area contributed by atoms with Crippen LogP contribution >= 0.6 is 0 Å². The molecule has 0 amide bonds. The monoisotopic (exact) mass is 215 g/mol. The molecule has 4 nitrogen and oxygen atoms in total. The number of aldehydes is 1. The Bertz CT molecular complexity index is 417. The molecule has 0 spiro atoms. The minimum atomic E-state index is 0.179. The van der Waals surface area contributed by atoms with Gasteiger partial charge in [-0.3, -0.25) is 0 Å². The van der Waals surface area contributed by atoms with E-state index in [4.69, 9.17) is 5.26 Å². The van der Waals surface area contributed by atoms with Crippen LogP contribution in [0.1, 0.15) is 18.5 Å². The second-order valence-corrected chi connectivity index (χ2v) is 3.94. The lowest BCUT2D eigenvalue weighted by Crippen LogP contribution is -2.34. The predicted octanol–water partition coefficient (Wildman–Crippen LogP) is 1.37. The zero-order valence-corrected chi connectivity index (χ0v) is 8.97. The number of carbonyl (C=O) groups is 1.